The zero-order chi connectivity index (χ0) is 12.8. The lowest BCUT2D eigenvalue weighted by Crippen LogP contribution is -1.97. The van der Waals surface area contributed by atoms with Crippen LogP contribution in [0.25, 0.3) is 0 Å². The number of ether oxygens (including phenoxy) is 2. The first-order valence-corrected chi connectivity index (χ1v) is 6.53. The van der Waals surface area contributed by atoms with Crippen LogP contribution >= 0.6 is 15.9 Å². The summed E-state index contributed by atoms with van der Waals surface area (Å²) in [7, 11) is 1.67. The van der Waals surface area contributed by atoms with Gasteiger partial charge in [0.25, 0.3) is 0 Å². The largest absolute Gasteiger partial charge is 0.496 e. The molecule has 0 amide bonds. The van der Waals surface area contributed by atoms with Crippen molar-refractivity contribution in [3.8, 4) is 5.75 Å². The van der Waals surface area contributed by atoms with Crippen LogP contribution in [0.2, 0.25) is 0 Å². The van der Waals surface area contributed by atoms with Crippen molar-refractivity contribution >= 4 is 15.9 Å². The Morgan fingerprint density at radius 2 is 1.78 bits per heavy atom. The van der Waals surface area contributed by atoms with E-state index in [2.05, 4.69) is 28.1 Å². The molecular formula is C15H15BrO2. The quantitative estimate of drug-likeness (QED) is 0.825. The highest BCUT2D eigenvalue weighted by atomic mass is 79.9. The van der Waals surface area contributed by atoms with Crippen LogP contribution in [-0.2, 0) is 18.0 Å². The first-order valence-electron chi connectivity index (χ1n) is 5.73. The van der Waals surface area contributed by atoms with Crippen LogP contribution in [0.5, 0.6) is 5.75 Å². The summed E-state index contributed by atoms with van der Waals surface area (Å²) in [4.78, 5) is 0. The minimum atomic E-state index is 0.539. The molecule has 0 spiro atoms. The summed E-state index contributed by atoms with van der Waals surface area (Å²) < 4.78 is 12.0. The molecule has 0 N–H and O–H groups in total. The van der Waals surface area contributed by atoms with Gasteiger partial charge >= 0.3 is 0 Å². The molecule has 0 aromatic heterocycles. The maximum atomic E-state index is 5.70. The smallest absolute Gasteiger partial charge is 0.124 e. The summed E-state index contributed by atoms with van der Waals surface area (Å²) in [5, 5.41) is 0. The van der Waals surface area contributed by atoms with E-state index in [9.17, 15) is 0 Å². The van der Waals surface area contributed by atoms with Gasteiger partial charge in [0.1, 0.15) is 5.75 Å². The Bertz CT molecular complexity index is 497. The number of benzene rings is 2. The molecule has 0 bridgehead atoms. The van der Waals surface area contributed by atoms with Crippen LogP contribution in [0.4, 0.5) is 0 Å². The van der Waals surface area contributed by atoms with E-state index in [1.807, 2.05) is 36.4 Å². The molecule has 0 atom stereocenters. The maximum Gasteiger partial charge on any atom is 0.124 e. The summed E-state index contributed by atoms with van der Waals surface area (Å²) in [5.41, 5.74) is 2.22. The van der Waals surface area contributed by atoms with E-state index in [0.29, 0.717) is 13.2 Å². The average molecular weight is 307 g/mol. The van der Waals surface area contributed by atoms with Crippen molar-refractivity contribution in [3.05, 3.63) is 64.1 Å². The predicted molar refractivity (Wildman–Crippen MR) is 75.6 cm³/mol. The highest BCUT2D eigenvalue weighted by Crippen LogP contribution is 2.23. The molecule has 0 aliphatic rings. The molecule has 0 saturated carbocycles. The van der Waals surface area contributed by atoms with Crippen LogP contribution in [0.15, 0.2) is 53.0 Å². The van der Waals surface area contributed by atoms with Gasteiger partial charge in [0, 0.05) is 10.0 Å². The van der Waals surface area contributed by atoms with Gasteiger partial charge < -0.3 is 9.47 Å². The zero-order valence-electron chi connectivity index (χ0n) is 10.2. The topological polar surface area (TPSA) is 18.5 Å². The predicted octanol–water partition coefficient (Wildman–Crippen LogP) is 4.17. The highest BCUT2D eigenvalue weighted by Gasteiger charge is 2.03. The average Bonchev–Trinajstić information content (AvgIpc) is 2.40. The van der Waals surface area contributed by atoms with E-state index in [1.54, 1.807) is 7.11 Å². The molecule has 0 heterocycles. The van der Waals surface area contributed by atoms with E-state index in [0.717, 1.165) is 15.8 Å². The summed E-state index contributed by atoms with van der Waals surface area (Å²) >= 11 is 3.45. The van der Waals surface area contributed by atoms with Gasteiger partial charge in [-0.15, -0.1) is 0 Å². The van der Waals surface area contributed by atoms with E-state index in [4.69, 9.17) is 9.47 Å². The Labute approximate surface area is 116 Å². The highest BCUT2D eigenvalue weighted by molar-refractivity contribution is 9.10. The lowest BCUT2D eigenvalue weighted by Gasteiger charge is -2.09. The monoisotopic (exact) mass is 306 g/mol. The Morgan fingerprint density at radius 1 is 1.00 bits per heavy atom. The number of hydrogen-bond donors (Lipinski definition) is 0. The molecular weight excluding hydrogens is 292 g/mol. The standard InChI is InChI=1S/C15H15BrO2/c1-17-15-8-7-14(16)9-13(15)11-18-10-12-5-3-2-4-6-12/h2-9H,10-11H2,1H3. The van der Waals surface area contributed by atoms with Crippen molar-refractivity contribution < 1.29 is 9.47 Å². The van der Waals surface area contributed by atoms with Crippen molar-refractivity contribution in [2.24, 2.45) is 0 Å². The number of hydrogen-bond acceptors (Lipinski definition) is 2. The molecule has 18 heavy (non-hydrogen) atoms. The second-order valence-electron chi connectivity index (χ2n) is 3.93. The third-order valence-electron chi connectivity index (χ3n) is 2.61. The molecule has 2 rings (SSSR count). The number of halogens is 1. The van der Waals surface area contributed by atoms with Crippen LogP contribution in [0.3, 0.4) is 0 Å². The van der Waals surface area contributed by atoms with Gasteiger partial charge in [0.05, 0.1) is 20.3 Å². The molecule has 0 radical (unpaired) electrons. The van der Waals surface area contributed by atoms with Gasteiger partial charge in [-0.3, -0.25) is 0 Å². The van der Waals surface area contributed by atoms with Crippen LogP contribution in [-0.4, -0.2) is 7.11 Å². The van der Waals surface area contributed by atoms with Crippen molar-refractivity contribution in [1.82, 2.24) is 0 Å². The summed E-state index contributed by atoms with van der Waals surface area (Å²) in [6.45, 7) is 1.15. The van der Waals surface area contributed by atoms with Gasteiger partial charge in [0.15, 0.2) is 0 Å². The van der Waals surface area contributed by atoms with E-state index < -0.39 is 0 Å². The Morgan fingerprint density at radius 3 is 2.50 bits per heavy atom. The molecule has 0 unspecified atom stereocenters. The number of rotatable bonds is 5. The fraction of sp³-hybridized carbons (Fsp3) is 0.200. The molecule has 0 aliphatic heterocycles. The minimum Gasteiger partial charge on any atom is -0.496 e. The molecule has 0 saturated heterocycles. The van der Waals surface area contributed by atoms with Crippen LogP contribution in [0, 0.1) is 0 Å². The van der Waals surface area contributed by atoms with Crippen molar-refractivity contribution in [2.75, 3.05) is 7.11 Å². The zero-order valence-corrected chi connectivity index (χ0v) is 11.8. The molecule has 0 aliphatic carbocycles. The Hall–Kier alpha value is -1.32. The van der Waals surface area contributed by atoms with E-state index in [1.165, 1.54) is 5.56 Å². The minimum absolute atomic E-state index is 0.539. The molecule has 2 aromatic rings. The second-order valence-corrected chi connectivity index (χ2v) is 4.85. The lowest BCUT2D eigenvalue weighted by molar-refractivity contribution is 0.105. The molecule has 3 heteroatoms. The van der Waals surface area contributed by atoms with Gasteiger partial charge in [-0.05, 0) is 23.8 Å². The first kappa shape index (κ1) is 13.1. The SMILES string of the molecule is COc1ccc(Br)cc1COCc1ccccc1. The lowest BCUT2D eigenvalue weighted by atomic mass is 10.2. The fourth-order valence-electron chi connectivity index (χ4n) is 1.71. The first-order chi connectivity index (χ1) is 8.79. The maximum absolute atomic E-state index is 5.70. The number of methoxy groups -OCH3 is 1. The third kappa shape index (κ3) is 3.59. The van der Waals surface area contributed by atoms with E-state index >= 15 is 0 Å². The Kier molecular flexibility index (Phi) is 4.79. The van der Waals surface area contributed by atoms with Crippen LogP contribution in [0.1, 0.15) is 11.1 Å². The normalized spacial score (nSPS) is 10.3. The molecule has 2 nitrogen and oxygen atoms in total. The van der Waals surface area contributed by atoms with Gasteiger partial charge in [-0.25, -0.2) is 0 Å². The van der Waals surface area contributed by atoms with E-state index in [-0.39, 0.29) is 0 Å². The van der Waals surface area contributed by atoms with Crippen molar-refractivity contribution in [3.63, 3.8) is 0 Å². The molecule has 2 aromatic carbocycles. The molecule has 94 valence electrons. The molecule has 0 fully saturated rings. The van der Waals surface area contributed by atoms with Gasteiger partial charge in [-0.2, -0.15) is 0 Å². The fourth-order valence-corrected chi connectivity index (χ4v) is 2.12. The second kappa shape index (κ2) is 6.57. The summed E-state index contributed by atoms with van der Waals surface area (Å²) in [6, 6.07) is 16.0. The van der Waals surface area contributed by atoms with Crippen LogP contribution < -0.4 is 4.74 Å². The van der Waals surface area contributed by atoms with Crippen molar-refractivity contribution in [1.29, 1.82) is 0 Å². The Balaban J connectivity index is 1.96. The van der Waals surface area contributed by atoms with Crippen molar-refractivity contribution in [2.45, 2.75) is 13.2 Å². The van der Waals surface area contributed by atoms with Gasteiger partial charge in [-0.1, -0.05) is 46.3 Å². The van der Waals surface area contributed by atoms with Gasteiger partial charge in [0.2, 0.25) is 0 Å². The third-order valence-corrected chi connectivity index (χ3v) is 3.10. The summed E-state index contributed by atoms with van der Waals surface area (Å²) in [6.07, 6.45) is 0. The summed E-state index contributed by atoms with van der Waals surface area (Å²) in [5.74, 6) is 0.853.